The summed E-state index contributed by atoms with van der Waals surface area (Å²) < 4.78 is 0. The van der Waals surface area contributed by atoms with Crippen LogP contribution in [0.5, 0.6) is 0 Å². The van der Waals surface area contributed by atoms with Crippen molar-refractivity contribution in [1.29, 1.82) is 0 Å². The predicted molar refractivity (Wildman–Crippen MR) is 68.1 cm³/mol. The van der Waals surface area contributed by atoms with Crippen LogP contribution in [0.15, 0.2) is 23.0 Å². The van der Waals surface area contributed by atoms with E-state index < -0.39 is 0 Å². The predicted octanol–water partition coefficient (Wildman–Crippen LogP) is 0.625. The lowest BCUT2D eigenvalue weighted by Gasteiger charge is -2.04. The van der Waals surface area contributed by atoms with Gasteiger partial charge in [-0.05, 0) is 18.2 Å². The van der Waals surface area contributed by atoms with Crippen LogP contribution < -0.4 is 16.6 Å². The topological polar surface area (TPSA) is 83.8 Å². The summed E-state index contributed by atoms with van der Waals surface area (Å²) >= 11 is 5.87. The smallest absolute Gasteiger partial charge is 0.258 e. The third kappa shape index (κ3) is 2.82. The Bertz CT molecular complexity index is 581. The molecule has 0 unspecified atom stereocenters. The van der Waals surface area contributed by atoms with Crippen molar-refractivity contribution < 1.29 is 0 Å². The van der Waals surface area contributed by atoms with Gasteiger partial charge in [0.15, 0.2) is 0 Å². The molecule has 1 aromatic heterocycles. The van der Waals surface area contributed by atoms with Crippen molar-refractivity contribution in [1.82, 2.24) is 15.3 Å². The van der Waals surface area contributed by atoms with Gasteiger partial charge in [0, 0.05) is 18.1 Å². The highest BCUT2D eigenvalue weighted by Crippen LogP contribution is 2.14. The fourth-order valence-electron chi connectivity index (χ4n) is 1.55. The Morgan fingerprint density at radius 2 is 2.29 bits per heavy atom. The lowest BCUT2D eigenvalue weighted by atomic mass is 10.2. The highest BCUT2D eigenvalue weighted by molar-refractivity contribution is 6.31. The Balaban J connectivity index is 2.36. The lowest BCUT2D eigenvalue weighted by molar-refractivity contribution is 0.667. The van der Waals surface area contributed by atoms with E-state index in [4.69, 9.17) is 17.3 Å². The summed E-state index contributed by atoms with van der Waals surface area (Å²) in [6, 6.07) is 5.02. The first-order valence-electron chi connectivity index (χ1n) is 5.30. The monoisotopic (exact) mass is 252 g/mol. The molecule has 0 spiro atoms. The van der Waals surface area contributed by atoms with Crippen LogP contribution in [0.3, 0.4) is 0 Å². The highest BCUT2D eigenvalue weighted by atomic mass is 35.5. The molecule has 2 rings (SSSR count). The van der Waals surface area contributed by atoms with Gasteiger partial charge in [0.25, 0.3) is 5.56 Å². The van der Waals surface area contributed by atoms with Crippen LogP contribution >= 0.6 is 11.6 Å². The molecule has 1 aromatic carbocycles. The van der Waals surface area contributed by atoms with Crippen LogP contribution in [0.4, 0.5) is 0 Å². The van der Waals surface area contributed by atoms with Gasteiger partial charge in [-0.2, -0.15) is 0 Å². The van der Waals surface area contributed by atoms with Crippen molar-refractivity contribution in [2.75, 3.05) is 13.1 Å². The molecule has 0 amide bonds. The average molecular weight is 253 g/mol. The maximum absolute atomic E-state index is 11.8. The number of benzene rings is 1. The number of fused-ring (bicyclic) bond motifs is 1. The van der Waals surface area contributed by atoms with Gasteiger partial charge in [-0.1, -0.05) is 11.6 Å². The van der Waals surface area contributed by atoms with Crippen LogP contribution in [-0.4, -0.2) is 23.1 Å². The number of H-pyrrole nitrogens is 1. The van der Waals surface area contributed by atoms with Gasteiger partial charge in [0.05, 0.1) is 17.4 Å². The molecule has 0 aliphatic heterocycles. The number of halogens is 1. The first-order chi connectivity index (χ1) is 8.20. The summed E-state index contributed by atoms with van der Waals surface area (Å²) in [4.78, 5) is 18.8. The Morgan fingerprint density at radius 3 is 3.06 bits per heavy atom. The van der Waals surface area contributed by atoms with Gasteiger partial charge in [-0.15, -0.1) is 0 Å². The summed E-state index contributed by atoms with van der Waals surface area (Å²) in [7, 11) is 0. The third-order valence-electron chi connectivity index (χ3n) is 2.33. The molecule has 0 atom stereocenters. The largest absolute Gasteiger partial charge is 0.329 e. The zero-order valence-electron chi connectivity index (χ0n) is 9.16. The first kappa shape index (κ1) is 12.0. The van der Waals surface area contributed by atoms with Crippen LogP contribution in [0, 0.1) is 0 Å². The molecule has 5 nitrogen and oxygen atoms in total. The minimum atomic E-state index is -0.156. The summed E-state index contributed by atoms with van der Waals surface area (Å²) in [5, 5.41) is 4.17. The van der Waals surface area contributed by atoms with Crippen molar-refractivity contribution in [3.63, 3.8) is 0 Å². The molecule has 0 aliphatic rings. The second kappa shape index (κ2) is 5.27. The highest BCUT2D eigenvalue weighted by Gasteiger charge is 2.03. The summed E-state index contributed by atoms with van der Waals surface area (Å²) in [5.74, 6) is 0.582. The van der Waals surface area contributed by atoms with E-state index in [2.05, 4.69) is 15.3 Å². The quantitative estimate of drug-likeness (QED) is 0.697. The molecule has 0 bridgehead atoms. The number of hydrogen-bond donors (Lipinski definition) is 3. The van der Waals surface area contributed by atoms with Gasteiger partial charge in [0.2, 0.25) is 0 Å². The number of aromatic nitrogens is 2. The normalized spacial score (nSPS) is 10.9. The number of rotatable bonds is 4. The number of nitrogens with two attached hydrogens (primary N) is 1. The number of hydrogen-bond acceptors (Lipinski definition) is 4. The van der Waals surface area contributed by atoms with Crippen molar-refractivity contribution in [3.8, 4) is 0 Å². The molecular formula is C11H13ClN4O. The summed E-state index contributed by atoms with van der Waals surface area (Å²) in [5.41, 5.74) is 5.81. The van der Waals surface area contributed by atoms with Crippen molar-refractivity contribution in [3.05, 3.63) is 39.4 Å². The second-order valence-electron chi connectivity index (χ2n) is 3.64. The summed E-state index contributed by atoms with van der Waals surface area (Å²) in [6.45, 7) is 1.70. The fraction of sp³-hybridized carbons (Fsp3) is 0.273. The standard InChI is InChI=1S/C11H13ClN4O/c12-7-1-2-8-9(5-7)15-10(16-11(8)17)6-14-4-3-13/h1-2,5,14H,3-4,6,13H2,(H,15,16,17). The Hall–Kier alpha value is -1.43. The molecule has 2 aromatic rings. The van der Waals surface area contributed by atoms with Crippen molar-refractivity contribution in [2.24, 2.45) is 5.73 Å². The second-order valence-corrected chi connectivity index (χ2v) is 4.08. The zero-order chi connectivity index (χ0) is 12.3. The van der Waals surface area contributed by atoms with E-state index in [1.54, 1.807) is 18.2 Å². The van der Waals surface area contributed by atoms with Gasteiger partial charge in [-0.25, -0.2) is 4.98 Å². The van der Waals surface area contributed by atoms with Crippen LogP contribution in [0.1, 0.15) is 5.82 Å². The molecule has 0 radical (unpaired) electrons. The lowest BCUT2D eigenvalue weighted by Crippen LogP contribution is -2.24. The Labute approximate surface area is 103 Å². The molecule has 0 aliphatic carbocycles. The van der Waals surface area contributed by atoms with Crippen molar-refractivity contribution >= 4 is 22.5 Å². The molecule has 0 saturated heterocycles. The number of aromatic amines is 1. The maximum Gasteiger partial charge on any atom is 0.258 e. The van der Waals surface area contributed by atoms with Crippen LogP contribution in [0.2, 0.25) is 5.02 Å². The number of nitrogens with zero attached hydrogens (tertiary/aromatic N) is 1. The Morgan fingerprint density at radius 1 is 1.47 bits per heavy atom. The van der Waals surface area contributed by atoms with E-state index in [-0.39, 0.29) is 5.56 Å². The van der Waals surface area contributed by atoms with Gasteiger partial charge >= 0.3 is 0 Å². The molecule has 4 N–H and O–H groups in total. The van der Waals surface area contributed by atoms with E-state index in [0.717, 1.165) is 0 Å². The van der Waals surface area contributed by atoms with E-state index in [1.807, 2.05) is 0 Å². The van der Waals surface area contributed by atoms with E-state index in [1.165, 1.54) is 0 Å². The van der Waals surface area contributed by atoms with Gasteiger partial charge in [0.1, 0.15) is 5.82 Å². The molecule has 1 heterocycles. The third-order valence-corrected chi connectivity index (χ3v) is 2.57. The minimum Gasteiger partial charge on any atom is -0.329 e. The molecule has 6 heteroatoms. The first-order valence-corrected chi connectivity index (χ1v) is 5.68. The molecule has 90 valence electrons. The summed E-state index contributed by atoms with van der Waals surface area (Å²) in [6.07, 6.45) is 0. The number of nitrogens with one attached hydrogen (secondary N) is 2. The van der Waals surface area contributed by atoms with E-state index in [0.29, 0.717) is 41.4 Å². The maximum atomic E-state index is 11.8. The molecule has 0 saturated carbocycles. The fourth-order valence-corrected chi connectivity index (χ4v) is 1.72. The SMILES string of the molecule is NCCNCc1nc2cc(Cl)ccc2c(=O)[nH]1. The Kier molecular flexibility index (Phi) is 3.73. The van der Waals surface area contributed by atoms with Crippen molar-refractivity contribution in [2.45, 2.75) is 6.54 Å². The van der Waals surface area contributed by atoms with E-state index >= 15 is 0 Å². The molecular weight excluding hydrogens is 240 g/mol. The average Bonchev–Trinajstić information content (AvgIpc) is 2.28. The molecule has 0 fully saturated rings. The van der Waals surface area contributed by atoms with Gasteiger partial charge in [-0.3, -0.25) is 4.79 Å². The molecule has 17 heavy (non-hydrogen) atoms. The zero-order valence-corrected chi connectivity index (χ0v) is 9.92. The minimum absolute atomic E-state index is 0.156. The van der Waals surface area contributed by atoms with Crippen LogP contribution in [0.25, 0.3) is 10.9 Å². The van der Waals surface area contributed by atoms with Gasteiger partial charge < -0.3 is 16.0 Å². The van der Waals surface area contributed by atoms with E-state index in [9.17, 15) is 4.79 Å². The van der Waals surface area contributed by atoms with Crippen LogP contribution in [-0.2, 0) is 6.54 Å².